The Labute approximate surface area is 100 Å². The van der Waals surface area contributed by atoms with Gasteiger partial charge in [0.2, 0.25) is 0 Å². The number of carbonyl (C=O) groups is 1. The van der Waals surface area contributed by atoms with E-state index in [4.69, 9.17) is 10.5 Å². The summed E-state index contributed by atoms with van der Waals surface area (Å²) < 4.78 is 5.11. The van der Waals surface area contributed by atoms with Crippen LogP contribution in [-0.4, -0.2) is 18.6 Å². The number of benzene rings is 1. The Hall–Kier alpha value is -1.71. The van der Waals surface area contributed by atoms with Crippen molar-refractivity contribution in [2.24, 2.45) is 5.92 Å². The molecule has 3 saturated carbocycles. The summed E-state index contributed by atoms with van der Waals surface area (Å²) in [5.74, 6) is 1.38. The van der Waals surface area contributed by atoms with Crippen LogP contribution < -0.4 is 15.8 Å². The van der Waals surface area contributed by atoms with Crippen molar-refractivity contribution < 1.29 is 9.53 Å². The van der Waals surface area contributed by atoms with Crippen LogP contribution in [0.25, 0.3) is 0 Å². The van der Waals surface area contributed by atoms with Crippen molar-refractivity contribution in [3.05, 3.63) is 23.8 Å². The van der Waals surface area contributed by atoms with Gasteiger partial charge in [-0.15, -0.1) is 0 Å². The van der Waals surface area contributed by atoms with Gasteiger partial charge in [0.15, 0.2) is 0 Å². The van der Waals surface area contributed by atoms with E-state index in [9.17, 15) is 4.79 Å². The molecule has 90 valence electrons. The summed E-state index contributed by atoms with van der Waals surface area (Å²) in [5, 5.41) is 3.11. The van der Waals surface area contributed by atoms with Gasteiger partial charge in [-0.2, -0.15) is 0 Å². The zero-order valence-electron chi connectivity index (χ0n) is 9.82. The quantitative estimate of drug-likeness (QED) is 0.777. The first kappa shape index (κ1) is 10.4. The molecule has 0 aliphatic heterocycles. The Balaban J connectivity index is 1.76. The largest absolute Gasteiger partial charge is 0.495 e. The predicted molar refractivity (Wildman–Crippen MR) is 64.9 cm³/mol. The van der Waals surface area contributed by atoms with Crippen LogP contribution in [0.3, 0.4) is 0 Å². The van der Waals surface area contributed by atoms with E-state index in [-0.39, 0.29) is 11.4 Å². The van der Waals surface area contributed by atoms with E-state index in [1.165, 1.54) is 0 Å². The van der Waals surface area contributed by atoms with Crippen molar-refractivity contribution in [2.75, 3.05) is 12.8 Å². The normalized spacial score (nSPS) is 28.9. The molecule has 1 aromatic carbocycles. The van der Waals surface area contributed by atoms with Gasteiger partial charge in [0.25, 0.3) is 5.91 Å². The molecule has 4 nitrogen and oxygen atoms in total. The maximum Gasteiger partial charge on any atom is 0.251 e. The van der Waals surface area contributed by atoms with E-state index in [2.05, 4.69) is 5.32 Å². The Morgan fingerprint density at radius 1 is 1.47 bits per heavy atom. The van der Waals surface area contributed by atoms with Gasteiger partial charge in [0.05, 0.1) is 12.8 Å². The molecule has 3 fully saturated rings. The molecule has 0 saturated heterocycles. The number of amides is 1. The van der Waals surface area contributed by atoms with Crippen molar-refractivity contribution in [1.29, 1.82) is 0 Å². The zero-order chi connectivity index (χ0) is 12.0. The van der Waals surface area contributed by atoms with Crippen molar-refractivity contribution in [1.82, 2.24) is 5.32 Å². The molecule has 4 heteroatoms. The van der Waals surface area contributed by atoms with Gasteiger partial charge in [-0.25, -0.2) is 0 Å². The number of nitrogens with one attached hydrogen (secondary N) is 1. The van der Waals surface area contributed by atoms with Crippen LogP contribution in [0.2, 0.25) is 0 Å². The van der Waals surface area contributed by atoms with Gasteiger partial charge in [-0.05, 0) is 43.4 Å². The third kappa shape index (κ3) is 1.55. The van der Waals surface area contributed by atoms with Crippen molar-refractivity contribution in [2.45, 2.75) is 24.8 Å². The van der Waals surface area contributed by atoms with Crippen LogP contribution in [-0.2, 0) is 0 Å². The molecule has 1 amide bonds. The van der Waals surface area contributed by atoms with Crippen LogP contribution in [0.1, 0.15) is 29.6 Å². The minimum Gasteiger partial charge on any atom is -0.495 e. The number of carbonyl (C=O) groups excluding carboxylic acids is 1. The van der Waals surface area contributed by atoms with Crippen LogP contribution >= 0.6 is 0 Å². The number of ether oxygens (including phenoxy) is 1. The standard InChI is InChI=1S/C13H16N2O2/c1-17-11-4-9(2-3-10(11)14)12(16)15-13-5-8(6-13)7-13/h2-4,8H,5-7,14H2,1H3,(H,15,16). The zero-order valence-corrected chi connectivity index (χ0v) is 9.82. The average molecular weight is 232 g/mol. The molecule has 3 aliphatic rings. The summed E-state index contributed by atoms with van der Waals surface area (Å²) in [6.45, 7) is 0. The number of nitrogens with two attached hydrogens (primary N) is 1. The molecule has 0 aromatic heterocycles. The van der Waals surface area contributed by atoms with E-state index < -0.39 is 0 Å². The number of hydrogen-bond acceptors (Lipinski definition) is 3. The fourth-order valence-corrected chi connectivity index (χ4v) is 2.80. The Morgan fingerprint density at radius 3 is 2.71 bits per heavy atom. The fraction of sp³-hybridized carbons (Fsp3) is 0.462. The van der Waals surface area contributed by atoms with Gasteiger partial charge in [-0.1, -0.05) is 0 Å². The molecule has 0 heterocycles. The highest BCUT2D eigenvalue weighted by atomic mass is 16.5. The lowest BCUT2D eigenvalue weighted by molar-refractivity contribution is -0.0438. The summed E-state index contributed by atoms with van der Waals surface area (Å²) in [6, 6.07) is 5.13. The highest BCUT2D eigenvalue weighted by molar-refractivity contribution is 5.96. The second kappa shape index (κ2) is 3.39. The van der Waals surface area contributed by atoms with Gasteiger partial charge in [0, 0.05) is 11.1 Å². The maximum absolute atomic E-state index is 12.0. The molecule has 3 N–H and O–H groups in total. The lowest BCUT2D eigenvalue weighted by Gasteiger charge is -2.61. The smallest absolute Gasteiger partial charge is 0.251 e. The van der Waals surface area contributed by atoms with E-state index in [0.717, 1.165) is 25.2 Å². The number of anilines is 1. The molecule has 1 aromatic rings. The number of hydrogen-bond donors (Lipinski definition) is 2. The number of nitrogen functional groups attached to an aromatic ring is 1. The molecular formula is C13H16N2O2. The van der Waals surface area contributed by atoms with E-state index in [0.29, 0.717) is 17.0 Å². The molecule has 0 unspecified atom stereocenters. The van der Waals surface area contributed by atoms with E-state index in [1.807, 2.05) is 0 Å². The SMILES string of the molecule is COc1cc(C(=O)NC23CC(C2)C3)ccc1N. The molecule has 2 bridgehead atoms. The first-order chi connectivity index (χ1) is 8.12. The Bertz CT molecular complexity index is 467. The Morgan fingerprint density at radius 2 is 2.18 bits per heavy atom. The lowest BCUT2D eigenvalue weighted by Crippen LogP contribution is -2.68. The van der Waals surface area contributed by atoms with Crippen LogP contribution in [0, 0.1) is 5.92 Å². The highest BCUT2D eigenvalue weighted by Gasteiger charge is 2.57. The van der Waals surface area contributed by atoms with Gasteiger partial charge in [0.1, 0.15) is 5.75 Å². The minimum absolute atomic E-state index is 0.0264. The summed E-state index contributed by atoms with van der Waals surface area (Å²) in [4.78, 5) is 12.0. The molecule has 0 radical (unpaired) electrons. The summed E-state index contributed by atoms with van der Waals surface area (Å²) in [7, 11) is 1.55. The predicted octanol–water partition coefficient (Wildman–Crippen LogP) is 1.56. The van der Waals surface area contributed by atoms with E-state index >= 15 is 0 Å². The van der Waals surface area contributed by atoms with Crippen molar-refractivity contribution >= 4 is 11.6 Å². The first-order valence-electron chi connectivity index (χ1n) is 5.88. The van der Waals surface area contributed by atoms with Gasteiger partial charge >= 0.3 is 0 Å². The molecule has 0 atom stereocenters. The second-order valence-corrected chi connectivity index (χ2v) is 5.17. The first-order valence-corrected chi connectivity index (χ1v) is 5.88. The van der Waals surface area contributed by atoms with Gasteiger partial charge in [-0.3, -0.25) is 4.79 Å². The highest BCUT2D eigenvalue weighted by Crippen LogP contribution is 2.56. The second-order valence-electron chi connectivity index (χ2n) is 5.17. The third-order valence-electron chi connectivity index (χ3n) is 3.91. The van der Waals surface area contributed by atoms with Crippen molar-refractivity contribution in [3.8, 4) is 5.75 Å². The molecular weight excluding hydrogens is 216 g/mol. The monoisotopic (exact) mass is 232 g/mol. The molecule has 3 aliphatic carbocycles. The average Bonchev–Trinajstić information content (AvgIpc) is 2.22. The summed E-state index contributed by atoms with van der Waals surface area (Å²) in [5.41, 5.74) is 6.99. The van der Waals surface area contributed by atoms with Gasteiger partial charge < -0.3 is 15.8 Å². The number of rotatable bonds is 3. The number of methoxy groups -OCH3 is 1. The summed E-state index contributed by atoms with van der Waals surface area (Å²) in [6.07, 6.45) is 3.43. The molecule has 17 heavy (non-hydrogen) atoms. The maximum atomic E-state index is 12.0. The molecule has 4 rings (SSSR count). The lowest BCUT2D eigenvalue weighted by atomic mass is 9.50. The topological polar surface area (TPSA) is 64.3 Å². The van der Waals surface area contributed by atoms with Crippen LogP contribution in [0.4, 0.5) is 5.69 Å². The summed E-state index contributed by atoms with van der Waals surface area (Å²) >= 11 is 0. The fourth-order valence-electron chi connectivity index (χ4n) is 2.80. The third-order valence-corrected chi connectivity index (χ3v) is 3.91. The minimum atomic E-state index is -0.0264. The van der Waals surface area contributed by atoms with Crippen molar-refractivity contribution in [3.63, 3.8) is 0 Å². The Kier molecular flexibility index (Phi) is 2.08. The van der Waals surface area contributed by atoms with E-state index in [1.54, 1.807) is 25.3 Å². The molecule has 0 spiro atoms. The van der Waals surface area contributed by atoms with Crippen LogP contribution in [0.5, 0.6) is 5.75 Å². The van der Waals surface area contributed by atoms with Crippen LogP contribution in [0.15, 0.2) is 18.2 Å².